The molecule has 1 saturated heterocycles. The molecule has 0 unspecified atom stereocenters. The number of aryl methyl sites for hydroxylation is 1. The summed E-state index contributed by atoms with van der Waals surface area (Å²) in [5.41, 5.74) is 1.74. The molecule has 0 radical (unpaired) electrons. The largest absolute Gasteiger partial charge is 0.444 e. The number of likely N-dealkylation sites (tertiary alicyclic amines) is 1. The van der Waals surface area contributed by atoms with Crippen LogP contribution in [0.25, 0.3) is 0 Å². The third-order valence-corrected chi connectivity index (χ3v) is 4.60. The van der Waals surface area contributed by atoms with Gasteiger partial charge in [0.1, 0.15) is 11.6 Å². The van der Waals surface area contributed by atoms with E-state index in [1.54, 1.807) is 4.90 Å². The van der Waals surface area contributed by atoms with Gasteiger partial charge in [-0.15, -0.1) is 0 Å². The van der Waals surface area contributed by atoms with Crippen LogP contribution in [0.1, 0.15) is 58.1 Å². The molecule has 1 aromatic rings. The second-order valence-corrected chi connectivity index (χ2v) is 8.02. The smallest absolute Gasteiger partial charge is 0.410 e. The zero-order valence-corrected chi connectivity index (χ0v) is 16.7. The Hall–Kier alpha value is -2.04. The van der Waals surface area contributed by atoms with Crippen molar-refractivity contribution in [2.45, 2.75) is 72.1 Å². The maximum absolute atomic E-state index is 13.2. The molecule has 1 atom stereocenters. The molecule has 144 valence electrons. The molecule has 2 amide bonds. The lowest BCUT2D eigenvalue weighted by Crippen LogP contribution is -2.53. The quantitative estimate of drug-likeness (QED) is 0.811. The van der Waals surface area contributed by atoms with Gasteiger partial charge in [-0.05, 0) is 59.4 Å². The number of rotatable bonds is 4. The number of likely N-dealkylation sites (N-methyl/N-ethyl adjacent to an activating group) is 1. The van der Waals surface area contributed by atoms with Crippen molar-refractivity contribution < 1.29 is 14.3 Å². The Balaban J connectivity index is 2.11. The van der Waals surface area contributed by atoms with Gasteiger partial charge in [0.25, 0.3) is 0 Å². The summed E-state index contributed by atoms with van der Waals surface area (Å²) in [7, 11) is 0. The van der Waals surface area contributed by atoms with Gasteiger partial charge in [0, 0.05) is 19.6 Å². The van der Waals surface area contributed by atoms with Crippen LogP contribution in [-0.2, 0) is 16.1 Å². The first-order chi connectivity index (χ1) is 12.2. The van der Waals surface area contributed by atoms with Gasteiger partial charge in [-0.25, -0.2) is 4.79 Å². The molecule has 2 rings (SSSR count). The lowest BCUT2D eigenvalue weighted by atomic mass is 10.0. The van der Waals surface area contributed by atoms with E-state index >= 15 is 0 Å². The number of ether oxygens (including phenoxy) is 1. The van der Waals surface area contributed by atoms with Crippen molar-refractivity contribution in [2.75, 3.05) is 13.1 Å². The Morgan fingerprint density at radius 2 is 1.85 bits per heavy atom. The molecule has 5 heteroatoms. The minimum absolute atomic E-state index is 0.0126. The van der Waals surface area contributed by atoms with Crippen LogP contribution in [0.2, 0.25) is 0 Å². The summed E-state index contributed by atoms with van der Waals surface area (Å²) < 4.78 is 5.52. The predicted molar refractivity (Wildman–Crippen MR) is 103 cm³/mol. The minimum Gasteiger partial charge on any atom is -0.444 e. The molecule has 1 fully saturated rings. The Morgan fingerprint density at radius 3 is 2.42 bits per heavy atom. The van der Waals surface area contributed by atoms with Crippen LogP contribution in [0.3, 0.4) is 0 Å². The van der Waals surface area contributed by atoms with E-state index in [9.17, 15) is 9.59 Å². The molecule has 0 saturated carbocycles. The van der Waals surface area contributed by atoms with Crippen molar-refractivity contribution >= 4 is 12.0 Å². The van der Waals surface area contributed by atoms with Crippen LogP contribution >= 0.6 is 0 Å². The third-order valence-electron chi connectivity index (χ3n) is 4.60. The fourth-order valence-corrected chi connectivity index (χ4v) is 3.20. The Morgan fingerprint density at radius 1 is 1.19 bits per heavy atom. The van der Waals surface area contributed by atoms with E-state index < -0.39 is 11.6 Å². The van der Waals surface area contributed by atoms with Crippen LogP contribution in [0.15, 0.2) is 24.3 Å². The molecule has 5 nitrogen and oxygen atoms in total. The van der Waals surface area contributed by atoms with Crippen molar-refractivity contribution in [2.24, 2.45) is 0 Å². The van der Waals surface area contributed by atoms with Gasteiger partial charge in [-0.3, -0.25) is 9.69 Å². The van der Waals surface area contributed by atoms with Gasteiger partial charge < -0.3 is 9.64 Å². The van der Waals surface area contributed by atoms with E-state index in [2.05, 4.69) is 24.3 Å². The number of nitrogens with zero attached hydrogens (tertiary/aromatic N) is 2. The van der Waals surface area contributed by atoms with Crippen molar-refractivity contribution in [1.82, 2.24) is 9.80 Å². The molecule has 1 aromatic carbocycles. The summed E-state index contributed by atoms with van der Waals surface area (Å²) in [5.74, 6) is 0.0126. The van der Waals surface area contributed by atoms with Crippen molar-refractivity contribution in [3.63, 3.8) is 0 Å². The first-order valence-electron chi connectivity index (χ1n) is 9.55. The lowest BCUT2D eigenvalue weighted by Gasteiger charge is -2.38. The van der Waals surface area contributed by atoms with Crippen molar-refractivity contribution in [3.8, 4) is 0 Å². The van der Waals surface area contributed by atoms with Gasteiger partial charge >= 0.3 is 6.09 Å². The highest BCUT2D eigenvalue weighted by molar-refractivity contribution is 5.86. The van der Waals surface area contributed by atoms with E-state index in [1.165, 1.54) is 5.56 Å². The van der Waals surface area contributed by atoms with E-state index in [-0.39, 0.29) is 12.0 Å². The zero-order chi connectivity index (χ0) is 19.3. The lowest BCUT2D eigenvalue weighted by molar-refractivity contribution is -0.138. The van der Waals surface area contributed by atoms with Crippen LogP contribution in [-0.4, -0.2) is 46.5 Å². The predicted octanol–water partition coefficient (Wildman–Crippen LogP) is 4.13. The van der Waals surface area contributed by atoms with Gasteiger partial charge in [0.2, 0.25) is 5.91 Å². The zero-order valence-electron chi connectivity index (χ0n) is 16.7. The van der Waals surface area contributed by atoms with Crippen LogP contribution in [0.4, 0.5) is 4.79 Å². The molecule has 1 heterocycles. The number of amides is 2. The maximum Gasteiger partial charge on any atom is 0.410 e. The highest BCUT2D eigenvalue weighted by Gasteiger charge is 2.36. The molecule has 0 aliphatic carbocycles. The summed E-state index contributed by atoms with van der Waals surface area (Å²) >= 11 is 0. The van der Waals surface area contributed by atoms with Crippen molar-refractivity contribution in [1.29, 1.82) is 0 Å². The Bertz CT molecular complexity index is 619. The van der Waals surface area contributed by atoms with E-state index in [0.29, 0.717) is 26.1 Å². The average molecular weight is 360 g/mol. The van der Waals surface area contributed by atoms with Crippen LogP contribution < -0.4 is 0 Å². The van der Waals surface area contributed by atoms with Gasteiger partial charge in [-0.1, -0.05) is 29.8 Å². The number of hydrogen-bond donors (Lipinski definition) is 0. The topological polar surface area (TPSA) is 49.9 Å². The summed E-state index contributed by atoms with van der Waals surface area (Å²) in [6, 6.07) is 7.79. The molecule has 0 N–H and O–H groups in total. The molecular formula is C21H32N2O3. The first kappa shape index (κ1) is 20.3. The minimum atomic E-state index is -0.561. The fourth-order valence-electron chi connectivity index (χ4n) is 3.20. The SMILES string of the molecule is CCN(Cc1ccc(C)cc1)C(=O)[C@H]1CCCCN1C(=O)OC(C)(C)C. The molecule has 0 bridgehead atoms. The standard InChI is InChI=1S/C21H32N2O3/c1-6-22(15-17-12-10-16(2)11-13-17)19(24)18-9-7-8-14-23(18)20(25)26-21(3,4)5/h10-13,18H,6-9,14-15H2,1-5H3/t18-/m1/s1. The molecule has 26 heavy (non-hydrogen) atoms. The number of carbonyl (C=O) groups is 2. The number of carbonyl (C=O) groups excluding carboxylic acids is 2. The maximum atomic E-state index is 13.2. The molecule has 1 aliphatic rings. The molecule has 1 aliphatic heterocycles. The van der Waals surface area contributed by atoms with E-state index in [0.717, 1.165) is 18.4 Å². The normalized spacial score (nSPS) is 17.7. The van der Waals surface area contributed by atoms with E-state index in [4.69, 9.17) is 4.74 Å². The van der Waals surface area contributed by atoms with Gasteiger partial charge in [0.05, 0.1) is 0 Å². The first-order valence-corrected chi connectivity index (χ1v) is 9.55. The number of piperidine rings is 1. The fraction of sp³-hybridized carbons (Fsp3) is 0.619. The van der Waals surface area contributed by atoms with Gasteiger partial charge in [0.15, 0.2) is 0 Å². The second kappa shape index (κ2) is 8.56. The highest BCUT2D eigenvalue weighted by atomic mass is 16.6. The number of hydrogen-bond acceptors (Lipinski definition) is 3. The monoisotopic (exact) mass is 360 g/mol. The van der Waals surface area contributed by atoms with Crippen LogP contribution in [0, 0.1) is 6.92 Å². The summed E-state index contributed by atoms with van der Waals surface area (Å²) in [4.78, 5) is 29.2. The van der Waals surface area contributed by atoms with Gasteiger partial charge in [-0.2, -0.15) is 0 Å². The van der Waals surface area contributed by atoms with Crippen LogP contribution in [0.5, 0.6) is 0 Å². The summed E-state index contributed by atoms with van der Waals surface area (Å²) in [6.07, 6.45) is 2.18. The van der Waals surface area contributed by atoms with E-state index in [1.807, 2.05) is 39.5 Å². The molecular weight excluding hydrogens is 328 g/mol. The number of benzene rings is 1. The molecule has 0 spiro atoms. The summed E-state index contributed by atoms with van der Waals surface area (Å²) in [6.45, 7) is 11.3. The van der Waals surface area contributed by atoms with Crippen molar-refractivity contribution in [3.05, 3.63) is 35.4 Å². The molecule has 0 aromatic heterocycles. The highest BCUT2D eigenvalue weighted by Crippen LogP contribution is 2.23. The third kappa shape index (κ3) is 5.48. The second-order valence-electron chi connectivity index (χ2n) is 8.02. The average Bonchev–Trinajstić information content (AvgIpc) is 2.59. The Labute approximate surface area is 157 Å². The summed E-state index contributed by atoms with van der Waals surface area (Å²) in [5, 5.41) is 0. The Kier molecular flexibility index (Phi) is 6.68.